The lowest BCUT2D eigenvalue weighted by Gasteiger charge is -2.30. The fourth-order valence-corrected chi connectivity index (χ4v) is 8.71. The minimum atomic E-state index is -1.44. The number of primary amides is 2. The van der Waals surface area contributed by atoms with Crippen LogP contribution in [0.3, 0.4) is 0 Å². The molecule has 406 valence electrons. The fraction of sp³-hybridized carbons (Fsp3) is 0.404. The molecule has 0 aliphatic carbocycles. The van der Waals surface area contributed by atoms with Crippen LogP contribution in [0, 0.1) is 0 Å². The quantitative estimate of drug-likeness (QED) is 0.0211. The van der Waals surface area contributed by atoms with E-state index < -0.39 is 95.6 Å². The van der Waals surface area contributed by atoms with Gasteiger partial charge >= 0.3 is 6.03 Å². The van der Waals surface area contributed by atoms with Crippen molar-refractivity contribution < 1.29 is 43.2 Å². The van der Waals surface area contributed by atoms with Crippen molar-refractivity contribution in [2.24, 2.45) is 27.9 Å². The van der Waals surface area contributed by atoms with Crippen LogP contribution >= 0.6 is 11.6 Å². The van der Waals surface area contributed by atoms with Crippen LogP contribution in [0.15, 0.2) is 96.1 Å². The third-order valence-electron chi connectivity index (χ3n) is 12.5. The van der Waals surface area contributed by atoms with Crippen molar-refractivity contribution in [1.29, 1.82) is 0 Å². The molecular formula is C52H67ClN14O9. The number of aromatic nitrogens is 1. The molecule has 1 aliphatic heterocycles. The normalized spacial score (nSPS) is 15.3. The molecule has 15 N–H and O–H groups in total. The second kappa shape index (κ2) is 28.9. The lowest BCUT2D eigenvalue weighted by molar-refractivity contribution is -0.142. The number of nitrogens with two attached hydrogens (primary N) is 4. The molecule has 0 radical (unpaired) electrons. The van der Waals surface area contributed by atoms with E-state index in [1.54, 1.807) is 42.5 Å². The highest BCUT2D eigenvalue weighted by Gasteiger charge is 2.39. The van der Waals surface area contributed by atoms with E-state index >= 15 is 0 Å². The van der Waals surface area contributed by atoms with Gasteiger partial charge in [0.05, 0.1) is 0 Å². The van der Waals surface area contributed by atoms with E-state index in [9.17, 15) is 43.2 Å². The van der Waals surface area contributed by atoms with Crippen molar-refractivity contribution in [3.8, 4) is 0 Å². The molecule has 7 atom stereocenters. The molecular weight excluding hydrogens is 1000 g/mol. The van der Waals surface area contributed by atoms with Crippen LogP contribution < -0.4 is 60.2 Å². The zero-order valence-electron chi connectivity index (χ0n) is 42.4. The number of pyridine rings is 1. The molecule has 10 amide bonds. The van der Waals surface area contributed by atoms with Crippen molar-refractivity contribution in [2.45, 2.75) is 114 Å². The topological polar surface area (TPSA) is 370 Å². The molecule has 1 fully saturated rings. The summed E-state index contributed by atoms with van der Waals surface area (Å²) >= 11 is 6.20. The number of hydrogen-bond donors (Lipinski definition) is 11. The molecule has 4 aromatic rings. The standard InChI is InChI=1S/C52H67ClN14O9/c1-30(44(54)69)61-49(74)43-15-9-25-67(43)50(75)39(14-8-24-60-52(57)76)64-45(70)38(13-7-23-59-51(55)56)63-48(73)42(29-37-12-5-6-22-58-37)66-47(72)41(27-32-17-20-36(53)21-18-32)65-46(71)40(62-31(2)68)28-33-16-19-34-10-3-4-11-35(34)26-33/h3-6,10-12,16-22,26,30,38-43H,7-9,13-15,23-25,27-29H2,1-2H3,(H2,54,69)(H,61,74)(H,62,68)(H,63,73)(H,64,70)(H,65,71)(H,66,72)(H4,55,56,59)(H3,57,60,76)/t30-,38-,39?,40-,41+,42+,43+/m0/s1. The summed E-state index contributed by atoms with van der Waals surface area (Å²) in [4.78, 5) is 131. The van der Waals surface area contributed by atoms with Crippen LogP contribution in [0.4, 0.5) is 4.79 Å². The molecule has 1 aliphatic rings. The van der Waals surface area contributed by atoms with E-state index in [2.05, 4.69) is 47.2 Å². The first-order valence-corrected chi connectivity index (χ1v) is 25.2. The lowest BCUT2D eigenvalue weighted by atomic mass is 9.99. The van der Waals surface area contributed by atoms with Crippen molar-refractivity contribution in [3.05, 3.63) is 113 Å². The summed E-state index contributed by atoms with van der Waals surface area (Å²) in [6.45, 7) is 2.88. The summed E-state index contributed by atoms with van der Waals surface area (Å²) in [7, 11) is 0. The van der Waals surface area contributed by atoms with Gasteiger partial charge in [0.2, 0.25) is 47.3 Å². The number of nitrogens with one attached hydrogen (secondary N) is 7. The largest absolute Gasteiger partial charge is 0.370 e. The van der Waals surface area contributed by atoms with Gasteiger partial charge in [-0.2, -0.15) is 0 Å². The SMILES string of the molecule is CC(=O)N[C@@H](Cc1ccc2ccccc2c1)C(=O)N[C@H](Cc1ccc(Cl)cc1)C(=O)N[C@H](Cc1ccccn1)C(=O)N[C@@H](CCCN=C(N)N)C(=O)NC(CCCNC(N)=O)C(=O)N1CCC[C@@H]1C(=O)N[C@@H](C)C(N)=O. The van der Waals surface area contributed by atoms with Crippen LogP contribution in [-0.2, 0) is 57.6 Å². The summed E-state index contributed by atoms with van der Waals surface area (Å²) in [5.74, 6) is -5.91. The third-order valence-corrected chi connectivity index (χ3v) is 12.7. The molecule has 3 aromatic carbocycles. The van der Waals surface area contributed by atoms with E-state index in [1.165, 1.54) is 24.9 Å². The Balaban J connectivity index is 1.44. The molecule has 0 bridgehead atoms. The fourth-order valence-electron chi connectivity index (χ4n) is 8.58. The van der Waals surface area contributed by atoms with Gasteiger partial charge in [-0.1, -0.05) is 72.3 Å². The van der Waals surface area contributed by atoms with Crippen molar-refractivity contribution >= 4 is 81.6 Å². The van der Waals surface area contributed by atoms with Crippen LogP contribution in [0.1, 0.15) is 69.2 Å². The van der Waals surface area contributed by atoms with Gasteiger partial charge < -0.3 is 65.1 Å². The van der Waals surface area contributed by atoms with Gasteiger partial charge in [0.15, 0.2) is 5.96 Å². The van der Waals surface area contributed by atoms with Gasteiger partial charge in [0.25, 0.3) is 0 Å². The highest BCUT2D eigenvalue weighted by molar-refractivity contribution is 6.30. The number of benzene rings is 3. The Morgan fingerprint density at radius 2 is 1.25 bits per heavy atom. The Kier molecular flexibility index (Phi) is 22.3. The van der Waals surface area contributed by atoms with Gasteiger partial charge in [-0.15, -0.1) is 0 Å². The van der Waals surface area contributed by atoms with E-state index in [0.717, 1.165) is 16.3 Å². The Bertz CT molecular complexity index is 2730. The number of fused-ring (bicyclic) bond motifs is 1. The molecule has 1 unspecified atom stereocenters. The van der Waals surface area contributed by atoms with Gasteiger partial charge in [-0.3, -0.25) is 48.3 Å². The molecule has 5 rings (SSSR count). The number of likely N-dealkylation sites (tertiary alicyclic amines) is 1. The molecule has 24 heteroatoms. The van der Waals surface area contributed by atoms with Crippen LogP contribution in [-0.4, -0.2) is 131 Å². The van der Waals surface area contributed by atoms with Crippen LogP contribution in [0.5, 0.6) is 0 Å². The first-order valence-electron chi connectivity index (χ1n) is 24.9. The summed E-state index contributed by atoms with van der Waals surface area (Å²) in [6.07, 6.45) is 2.13. The zero-order chi connectivity index (χ0) is 55.3. The predicted octanol–water partition coefficient (Wildman–Crippen LogP) is -0.157. The summed E-state index contributed by atoms with van der Waals surface area (Å²) < 4.78 is 0. The van der Waals surface area contributed by atoms with Crippen molar-refractivity contribution in [3.63, 3.8) is 0 Å². The monoisotopic (exact) mass is 1070 g/mol. The Morgan fingerprint density at radius 3 is 1.88 bits per heavy atom. The maximum atomic E-state index is 14.7. The summed E-state index contributed by atoms with van der Waals surface area (Å²) in [6, 6.07) is 15.4. The average molecular weight is 1070 g/mol. The number of carbonyl (C=O) groups is 9. The number of aliphatic imine (C=N–C) groups is 1. The van der Waals surface area contributed by atoms with E-state index in [4.69, 9.17) is 34.5 Å². The number of hydrogen-bond acceptors (Lipinski definition) is 11. The number of nitrogens with zero attached hydrogens (tertiary/aromatic N) is 3. The van der Waals surface area contributed by atoms with Crippen LogP contribution in [0.2, 0.25) is 5.02 Å². The highest BCUT2D eigenvalue weighted by Crippen LogP contribution is 2.21. The number of rotatable bonds is 27. The second-order valence-corrected chi connectivity index (χ2v) is 18.9. The van der Waals surface area contributed by atoms with Gasteiger partial charge in [-0.05, 0) is 91.6 Å². The Hall–Kier alpha value is -8.34. The molecule has 1 saturated heterocycles. The smallest absolute Gasteiger partial charge is 0.312 e. The predicted molar refractivity (Wildman–Crippen MR) is 284 cm³/mol. The molecule has 0 spiro atoms. The third kappa shape index (κ3) is 18.5. The summed E-state index contributed by atoms with van der Waals surface area (Å²) in [5, 5.41) is 21.1. The maximum absolute atomic E-state index is 14.7. The minimum absolute atomic E-state index is 0.0282. The maximum Gasteiger partial charge on any atom is 0.312 e. The molecule has 0 saturated carbocycles. The number of amides is 10. The molecule has 23 nitrogen and oxygen atoms in total. The second-order valence-electron chi connectivity index (χ2n) is 18.4. The number of guanidine groups is 1. The van der Waals surface area contributed by atoms with Gasteiger partial charge in [-0.25, -0.2) is 4.79 Å². The van der Waals surface area contributed by atoms with Crippen LogP contribution in [0.25, 0.3) is 10.8 Å². The molecule has 2 heterocycles. The average Bonchev–Trinajstić information content (AvgIpc) is 3.89. The van der Waals surface area contributed by atoms with Gasteiger partial charge in [0.1, 0.15) is 42.3 Å². The van der Waals surface area contributed by atoms with E-state index in [-0.39, 0.29) is 77.0 Å². The number of halogens is 1. The van der Waals surface area contributed by atoms with E-state index in [0.29, 0.717) is 22.7 Å². The lowest BCUT2D eigenvalue weighted by Crippen LogP contribution is -2.60. The molecule has 1 aromatic heterocycles. The van der Waals surface area contributed by atoms with Gasteiger partial charge in [0, 0.05) is 62.7 Å². The summed E-state index contributed by atoms with van der Waals surface area (Å²) in [5.41, 5.74) is 23.5. The first-order chi connectivity index (χ1) is 36.3. The Morgan fingerprint density at radius 1 is 0.671 bits per heavy atom. The van der Waals surface area contributed by atoms with E-state index in [1.807, 2.05) is 42.5 Å². The van der Waals surface area contributed by atoms with Crippen molar-refractivity contribution in [2.75, 3.05) is 19.6 Å². The minimum Gasteiger partial charge on any atom is -0.370 e. The Labute approximate surface area is 444 Å². The first kappa shape index (κ1) is 58.5. The number of urea groups is 1. The number of carbonyl (C=O) groups excluding carboxylic acids is 9. The zero-order valence-corrected chi connectivity index (χ0v) is 43.1. The molecule has 76 heavy (non-hydrogen) atoms. The van der Waals surface area contributed by atoms with Crippen molar-refractivity contribution in [1.82, 2.24) is 47.1 Å². The highest BCUT2D eigenvalue weighted by atomic mass is 35.5.